The molecular weight excluding hydrogens is 214 g/mol. The van der Waals surface area contributed by atoms with Crippen molar-refractivity contribution in [3.8, 4) is 6.07 Å². The summed E-state index contributed by atoms with van der Waals surface area (Å²) < 4.78 is 1.77. The van der Waals surface area contributed by atoms with Crippen LogP contribution >= 0.6 is 0 Å². The minimum absolute atomic E-state index is 0.0126. The van der Waals surface area contributed by atoms with E-state index in [1.807, 2.05) is 12.3 Å². The monoisotopic (exact) mass is 231 g/mol. The Morgan fingerprint density at radius 1 is 1.53 bits per heavy atom. The molecule has 1 aromatic rings. The molecule has 1 fully saturated rings. The maximum absolute atomic E-state index is 12.1. The summed E-state index contributed by atoms with van der Waals surface area (Å²) in [4.78, 5) is 12.1. The highest BCUT2D eigenvalue weighted by atomic mass is 16.1. The number of nitrogens with zero attached hydrogens (tertiary/aromatic N) is 2. The van der Waals surface area contributed by atoms with Crippen LogP contribution in [0.5, 0.6) is 0 Å². The Morgan fingerprint density at radius 2 is 2.35 bits per heavy atom. The smallest absolute Gasteiger partial charge is 0.274 e. The van der Waals surface area contributed by atoms with Gasteiger partial charge in [-0.05, 0) is 31.4 Å². The van der Waals surface area contributed by atoms with Gasteiger partial charge < -0.3 is 9.88 Å². The molecule has 0 aliphatic heterocycles. The van der Waals surface area contributed by atoms with Crippen molar-refractivity contribution in [3.63, 3.8) is 0 Å². The molecule has 90 valence electrons. The van der Waals surface area contributed by atoms with Crippen LogP contribution in [0.1, 0.15) is 31.7 Å². The molecule has 0 spiro atoms. The minimum Gasteiger partial charge on any atom is -0.384 e. The zero-order chi connectivity index (χ0) is 12.3. The predicted octanol–water partition coefficient (Wildman–Crippen LogP) is 2.14. The van der Waals surface area contributed by atoms with E-state index in [0.717, 1.165) is 25.7 Å². The van der Waals surface area contributed by atoms with Crippen LogP contribution in [0.25, 0.3) is 0 Å². The third-order valence-electron chi connectivity index (χ3n) is 3.47. The fourth-order valence-corrected chi connectivity index (χ4v) is 2.52. The quantitative estimate of drug-likeness (QED) is 0.848. The molecule has 1 aliphatic rings. The SMILES string of the molecule is CNc1cccn(C2CCCC(C#N)C2)c1=O. The summed E-state index contributed by atoms with van der Waals surface area (Å²) in [5, 5.41) is 11.9. The lowest BCUT2D eigenvalue weighted by molar-refractivity contribution is 0.303. The van der Waals surface area contributed by atoms with Gasteiger partial charge in [-0.2, -0.15) is 5.26 Å². The summed E-state index contributed by atoms with van der Waals surface area (Å²) in [7, 11) is 1.75. The average Bonchev–Trinajstić information content (AvgIpc) is 2.39. The van der Waals surface area contributed by atoms with Gasteiger partial charge in [0.15, 0.2) is 0 Å². The fourth-order valence-electron chi connectivity index (χ4n) is 2.52. The second-order valence-corrected chi connectivity index (χ2v) is 4.53. The molecular formula is C13H17N3O. The molecule has 0 aromatic carbocycles. The van der Waals surface area contributed by atoms with Gasteiger partial charge in [-0.15, -0.1) is 0 Å². The molecule has 2 unspecified atom stereocenters. The van der Waals surface area contributed by atoms with E-state index in [9.17, 15) is 4.79 Å². The van der Waals surface area contributed by atoms with Crippen molar-refractivity contribution >= 4 is 5.69 Å². The van der Waals surface area contributed by atoms with E-state index in [-0.39, 0.29) is 17.5 Å². The Bertz CT molecular complexity index is 486. The molecule has 1 aliphatic carbocycles. The summed E-state index contributed by atoms with van der Waals surface area (Å²) in [6.45, 7) is 0. The molecule has 0 amide bonds. The van der Waals surface area contributed by atoms with Gasteiger partial charge in [0.1, 0.15) is 5.69 Å². The molecule has 1 N–H and O–H groups in total. The van der Waals surface area contributed by atoms with E-state index in [1.165, 1.54) is 0 Å². The van der Waals surface area contributed by atoms with Gasteiger partial charge in [0.2, 0.25) is 0 Å². The first kappa shape index (κ1) is 11.7. The summed E-state index contributed by atoms with van der Waals surface area (Å²) in [5.74, 6) is 0.0962. The zero-order valence-electron chi connectivity index (χ0n) is 10.0. The van der Waals surface area contributed by atoms with Crippen molar-refractivity contribution in [3.05, 3.63) is 28.7 Å². The number of hydrogen-bond donors (Lipinski definition) is 1. The molecule has 4 nitrogen and oxygen atoms in total. The molecule has 1 aromatic heterocycles. The number of pyridine rings is 1. The van der Waals surface area contributed by atoms with E-state index < -0.39 is 0 Å². The molecule has 0 bridgehead atoms. The Kier molecular flexibility index (Phi) is 3.48. The lowest BCUT2D eigenvalue weighted by Gasteiger charge is -2.27. The maximum Gasteiger partial charge on any atom is 0.274 e. The first-order valence-corrected chi connectivity index (χ1v) is 6.04. The van der Waals surface area contributed by atoms with Gasteiger partial charge in [-0.1, -0.05) is 6.42 Å². The second-order valence-electron chi connectivity index (χ2n) is 4.53. The average molecular weight is 231 g/mol. The summed E-state index contributed by atoms with van der Waals surface area (Å²) in [5.41, 5.74) is 0.630. The third-order valence-corrected chi connectivity index (χ3v) is 3.47. The van der Waals surface area contributed by atoms with Crippen molar-refractivity contribution in [2.45, 2.75) is 31.7 Å². The number of aromatic nitrogens is 1. The molecule has 2 atom stereocenters. The standard InChI is InChI=1S/C13H17N3O/c1-15-12-6-3-7-16(13(12)17)11-5-2-4-10(8-11)9-14/h3,6-7,10-11,15H,2,4-5,8H2,1H3. The molecule has 1 heterocycles. The van der Waals surface area contributed by atoms with E-state index in [2.05, 4.69) is 11.4 Å². The Labute approximate surface area is 101 Å². The van der Waals surface area contributed by atoms with Crippen LogP contribution in [0.2, 0.25) is 0 Å². The topological polar surface area (TPSA) is 57.8 Å². The van der Waals surface area contributed by atoms with Gasteiger partial charge in [0.25, 0.3) is 5.56 Å². The Hall–Kier alpha value is -1.76. The van der Waals surface area contributed by atoms with Crippen LogP contribution in [0.15, 0.2) is 23.1 Å². The van der Waals surface area contributed by atoms with Gasteiger partial charge in [0.05, 0.1) is 6.07 Å². The molecule has 4 heteroatoms. The number of nitrogens with one attached hydrogen (secondary N) is 1. The third kappa shape index (κ3) is 2.33. The summed E-state index contributed by atoms with van der Waals surface area (Å²) >= 11 is 0. The first-order valence-electron chi connectivity index (χ1n) is 6.04. The van der Waals surface area contributed by atoms with Gasteiger partial charge in [-0.3, -0.25) is 4.79 Å². The first-order chi connectivity index (χ1) is 8.26. The van der Waals surface area contributed by atoms with Gasteiger partial charge in [-0.25, -0.2) is 0 Å². The molecule has 0 saturated heterocycles. The van der Waals surface area contributed by atoms with Crippen molar-refractivity contribution in [2.75, 3.05) is 12.4 Å². The second kappa shape index (κ2) is 5.05. The number of nitriles is 1. The number of rotatable bonds is 2. The lowest BCUT2D eigenvalue weighted by atomic mass is 9.86. The van der Waals surface area contributed by atoms with Crippen LogP contribution in [-0.4, -0.2) is 11.6 Å². The Morgan fingerprint density at radius 3 is 3.06 bits per heavy atom. The maximum atomic E-state index is 12.1. The highest BCUT2D eigenvalue weighted by Gasteiger charge is 2.23. The highest BCUT2D eigenvalue weighted by Crippen LogP contribution is 2.31. The van der Waals surface area contributed by atoms with Crippen LogP contribution in [-0.2, 0) is 0 Å². The van der Waals surface area contributed by atoms with Crippen molar-refractivity contribution in [2.24, 2.45) is 5.92 Å². The molecule has 0 radical (unpaired) electrons. The molecule has 17 heavy (non-hydrogen) atoms. The summed E-state index contributed by atoms with van der Waals surface area (Å²) in [6.07, 6.45) is 5.61. The van der Waals surface area contributed by atoms with E-state index in [4.69, 9.17) is 5.26 Å². The fraction of sp³-hybridized carbons (Fsp3) is 0.538. The van der Waals surface area contributed by atoms with E-state index >= 15 is 0 Å². The van der Waals surface area contributed by atoms with Crippen LogP contribution in [0.3, 0.4) is 0 Å². The molecule has 2 rings (SSSR count). The number of anilines is 1. The van der Waals surface area contributed by atoms with E-state index in [0.29, 0.717) is 5.69 Å². The largest absolute Gasteiger partial charge is 0.384 e. The van der Waals surface area contributed by atoms with E-state index in [1.54, 1.807) is 17.7 Å². The Balaban J connectivity index is 2.28. The molecule has 1 saturated carbocycles. The van der Waals surface area contributed by atoms with Crippen LogP contribution in [0, 0.1) is 17.2 Å². The minimum atomic E-state index is 0.0126. The predicted molar refractivity (Wildman–Crippen MR) is 66.9 cm³/mol. The lowest BCUT2D eigenvalue weighted by Crippen LogP contribution is -2.29. The summed E-state index contributed by atoms with van der Waals surface area (Å²) in [6, 6.07) is 6.16. The zero-order valence-corrected chi connectivity index (χ0v) is 10.0. The van der Waals surface area contributed by atoms with Crippen molar-refractivity contribution in [1.82, 2.24) is 4.57 Å². The van der Waals surface area contributed by atoms with Crippen molar-refractivity contribution in [1.29, 1.82) is 5.26 Å². The number of hydrogen-bond acceptors (Lipinski definition) is 3. The highest BCUT2D eigenvalue weighted by molar-refractivity contribution is 5.39. The normalized spacial score (nSPS) is 24.0. The van der Waals surface area contributed by atoms with Gasteiger partial charge >= 0.3 is 0 Å². The van der Waals surface area contributed by atoms with Crippen LogP contribution in [0.4, 0.5) is 5.69 Å². The van der Waals surface area contributed by atoms with Crippen molar-refractivity contribution < 1.29 is 0 Å². The van der Waals surface area contributed by atoms with Crippen LogP contribution < -0.4 is 10.9 Å². The van der Waals surface area contributed by atoms with Gasteiger partial charge in [0, 0.05) is 25.2 Å².